The molecule has 1 aliphatic heterocycles. The predicted octanol–water partition coefficient (Wildman–Crippen LogP) is 6.96. The minimum absolute atomic E-state index is 0.142. The number of thiazole rings is 1. The molecule has 1 aromatic heterocycles. The Morgan fingerprint density at radius 2 is 1.66 bits per heavy atom. The molecule has 0 amide bonds. The van der Waals surface area contributed by atoms with Gasteiger partial charge in [-0.15, -0.1) is 0 Å². The molecule has 2 heterocycles. The van der Waals surface area contributed by atoms with Crippen LogP contribution in [0.4, 0.5) is 0 Å². The Labute approximate surface area is 305 Å². The number of esters is 1. The summed E-state index contributed by atoms with van der Waals surface area (Å²) in [5.41, 5.74) is 3.28. The molecule has 0 fully saturated rings. The molecule has 0 spiro atoms. The monoisotopic (exact) mass is 774 g/mol. The van der Waals surface area contributed by atoms with E-state index < -0.39 is 12.0 Å². The zero-order chi connectivity index (χ0) is 35.4. The lowest BCUT2D eigenvalue weighted by Crippen LogP contribution is -2.40. The summed E-state index contributed by atoms with van der Waals surface area (Å²) in [6.07, 6.45) is 1.77. The second-order valence-electron chi connectivity index (χ2n) is 11.0. The molecular formula is C38H32BrClN2O7S. The molecule has 0 saturated carbocycles. The Bertz CT molecular complexity index is 2270. The fourth-order valence-electron chi connectivity index (χ4n) is 5.63. The van der Waals surface area contributed by atoms with E-state index in [4.69, 9.17) is 40.3 Å². The zero-order valence-electron chi connectivity index (χ0n) is 27.6. The van der Waals surface area contributed by atoms with Crippen LogP contribution >= 0.6 is 38.9 Å². The third-order valence-corrected chi connectivity index (χ3v) is 9.77. The van der Waals surface area contributed by atoms with Crippen LogP contribution in [0.2, 0.25) is 5.02 Å². The van der Waals surface area contributed by atoms with Crippen molar-refractivity contribution in [2.45, 2.75) is 19.6 Å². The summed E-state index contributed by atoms with van der Waals surface area (Å²) in [5, 5.41) is 0.644. The van der Waals surface area contributed by atoms with Crippen molar-refractivity contribution < 1.29 is 28.5 Å². The van der Waals surface area contributed by atoms with Gasteiger partial charge in [-0.3, -0.25) is 9.36 Å². The molecule has 0 bridgehead atoms. The summed E-state index contributed by atoms with van der Waals surface area (Å²) in [5.74, 6) is 1.37. The van der Waals surface area contributed by atoms with Crippen molar-refractivity contribution in [3.8, 4) is 23.0 Å². The third-order valence-electron chi connectivity index (χ3n) is 7.94. The van der Waals surface area contributed by atoms with Crippen LogP contribution in [0.5, 0.6) is 23.0 Å². The number of halogens is 2. The van der Waals surface area contributed by atoms with Gasteiger partial charge in [-0.25, -0.2) is 9.79 Å². The summed E-state index contributed by atoms with van der Waals surface area (Å²) in [6.45, 7) is 2.18. The van der Waals surface area contributed by atoms with Gasteiger partial charge < -0.3 is 23.7 Å². The van der Waals surface area contributed by atoms with Crippen molar-refractivity contribution >= 4 is 56.6 Å². The number of ether oxygens (including phenoxy) is 5. The summed E-state index contributed by atoms with van der Waals surface area (Å²) in [4.78, 5) is 33.6. The topological polar surface area (TPSA) is 97.6 Å². The van der Waals surface area contributed by atoms with Gasteiger partial charge in [-0.2, -0.15) is 0 Å². The number of hydrogen-bond acceptors (Lipinski definition) is 9. The lowest BCUT2D eigenvalue weighted by Gasteiger charge is -2.26. The van der Waals surface area contributed by atoms with Crippen LogP contribution in [0, 0.1) is 0 Å². The summed E-state index contributed by atoms with van der Waals surface area (Å²) in [7, 11) is 4.63. The quantitative estimate of drug-likeness (QED) is 0.134. The fourth-order valence-corrected chi connectivity index (χ4v) is 7.33. The predicted molar refractivity (Wildman–Crippen MR) is 197 cm³/mol. The zero-order valence-corrected chi connectivity index (χ0v) is 30.7. The number of fused-ring (bicyclic) bond motifs is 1. The van der Waals surface area contributed by atoms with Crippen LogP contribution in [0.15, 0.2) is 105 Å². The fraction of sp³-hybridized carbons (Fsp3) is 0.184. The number of carbonyl (C=O) groups excluding carboxylic acids is 1. The molecule has 50 heavy (non-hydrogen) atoms. The molecule has 6 rings (SSSR count). The van der Waals surface area contributed by atoms with E-state index in [0.29, 0.717) is 70.8 Å². The molecule has 0 N–H and O–H groups in total. The Morgan fingerprint density at radius 3 is 2.34 bits per heavy atom. The molecule has 5 aromatic rings. The molecule has 0 unspecified atom stereocenters. The number of methoxy groups -OCH3 is 3. The highest BCUT2D eigenvalue weighted by Crippen LogP contribution is 2.39. The number of rotatable bonds is 11. The Balaban J connectivity index is 1.51. The summed E-state index contributed by atoms with van der Waals surface area (Å²) in [6, 6.07) is 24.8. The van der Waals surface area contributed by atoms with Crippen LogP contribution in [-0.2, 0) is 16.1 Å². The van der Waals surface area contributed by atoms with Crippen LogP contribution in [0.1, 0.15) is 35.2 Å². The number of nitrogens with zero attached hydrogens (tertiary/aromatic N) is 2. The second-order valence-corrected chi connectivity index (χ2v) is 13.3. The van der Waals surface area contributed by atoms with Gasteiger partial charge in [0, 0.05) is 10.6 Å². The first-order valence-corrected chi connectivity index (χ1v) is 17.5. The van der Waals surface area contributed by atoms with Crippen molar-refractivity contribution in [2.75, 3.05) is 27.9 Å². The van der Waals surface area contributed by atoms with E-state index in [0.717, 1.165) is 5.56 Å². The number of hydrogen-bond donors (Lipinski definition) is 0. The van der Waals surface area contributed by atoms with E-state index in [-0.39, 0.29) is 17.7 Å². The van der Waals surface area contributed by atoms with Gasteiger partial charge in [0.2, 0.25) is 0 Å². The van der Waals surface area contributed by atoms with E-state index >= 15 is 0 Å². The minimum Gasteiger partial charge on any atom is -0.493 e. The molecule has 0 saturated heterocycles. The summed E-state index contributed by atoms with van der Waals surface area (Å²) < 4.78 is 31.0. The Hall–Kier alpha value is -4.84. The SMILES string of the molecule is CCOC(=O)C1=C(c2ccccc2)N=c2s/c(=C\c3cc(Br)c(OCc4ccc(Cl)cc4)c(OC)c3)c(=O)n2[C@@H]1c1ccc(OC)c(OC)c1. The second kappa shape index (κ2) is 15.4. The Kier molecular flexibility index (Phi) is 10.8. The number of benzene rings is 4. The highest BCUT2D eigenvalue weighted by Gasteiger charge is 2.35. The minimum atomic E-state index is -0.882. The first kappa shape index (κ1) is 35.0. The molecule has 1 atom stereocenters. The van der Waals surface area contributed by atoms with Crippen LogP contribution < -0.4 is 33.8 Å². The van der Waals surface area contributed by atoms with Crippen molar-refractivity contribution in [2.24, 2.45) is 4.99 Å². The van der Waals surface area contributed by atoms with Gasteiger partial charge in [0.05, 0.1) is 54.3 Å². The molecule has 0 radical (unpaired) electrons. The first-order valence-electron chi connectivity index (χ1n) is 15.5. The average Bonchev–Trinajstić information content (AvgIpc) is 3.44. The van der Waals surface area contributed by atoms with Crippen molar-refractivity contribution in [3.63, 3.8) is 0 Å². The van der Waals surface area contributed by atoms with E-state index in [1.54, 1.807) is 63.6 Å². The molecular weight excluding hydrogens is 744 g/mol. The maximum Gasteiger partial charge on any atom is 0.338 e. The first-order chi connectivity index (χ1) is 24.3. The lowest BCUT2D eigenvalue weighted by atomic mass is 9.93. The smallest absolute Gasteiger partial charge is 0.338 e. The van der Waals surface area contributed by atoms with Gasteiger partial charge >= 0.3 is 5.97 Å². The summed E-state index contributed by atoms with van der Waals surface area (Å²) >= 11 is 10.9. The van der Waals surface area contributed by atoms with Crippen LogP contribution in [0.25, 0.3) is 11.8 Å². The molecule has 12 heteroatoms. The third kappa shape index (κ3) is 7.07. The van der Waals surface area contributed by atoms with E-state index in [9.17, 15) is 9.59 Å². The maximum absolute atomic E-state index is 14.4. The standard InChI is InChI=1S/C38H32BrClN2O7S/c1-5-48-37(44)32-33(24-9-7-6-8-10-24)41-38-42(34(32)25-13-16-28(45-2)29(20-25)46-3)36(43)31(50-38)19-23-17-27(39)35(30(18-23)47-4)49-21-22-11-14-26(40)15-12-22/h6-20,34H,5,21H2,1-4H3/b31-19-/t34-/m1/s1. The van der Waals surface area contributed by atoms with Gasteiger partial charge in [0.1, 0.15) is 6.61 Å². The Morgan fingerprint density at radius 1 is 0.940 bits per heavy atom. The van der Waals surface area contributed by atoms with Gasteiger partial charge in [-0.05, 0) is 82.0 Å². The highest BCUT2D eigenvalue weighted by molar-refractivity contribution is 9.10. The molecule has 0 aliphatic carbocycles. The molecule has 1 aliphatic rings. The molecule has 9 nitrogen and oxygen atoms in total. The van der Waals surface area contributed by atoms with Crippen LogP contribution in [0.3, 0.4) is 0 Å². The van der Waals surface area contributed by atoms with Gasteiger partial charge in [-0.1, -0.05) is 71.5 Å². The van der Waals surface area contributed by atoms with Gasteiger partial charge in [0.15, 0.2) is 27.8 Å². The van der Waals surface area contributed by atoms with Crippen molar-refractivity contribution in [3.05, 3.63) is 142 Å². The highest BCUT2D eigenvalue weighted by atomic mass is 79.9. The lowest BCUT2D eigenvalue weighted by molar-refractivity contribution is -0.138. The average molecular weight is 776 g/mol. The van der Waals surface area contributed by atoms with Gasteiger partial charge in [0.25, 0.3) is 5.56 Å². The largest absolute Gasteiger partial charge is 0.493 e. The van der Waals surface area contributed by atoms with Crippen molar-refractivity contribution in [1.82, 2.24) is 4.57 Å². The maximum atomic E-state index is 14.4. The van der Waals surface area contributed by atoms with E-state index in [2.05, 4.69) is 15.9 Å². The molecule has 4 aromatic carbocycles. The van der Waals surface area contributed by atoms with Crippen molar-refractivity contribution in [1.29, 1.82) is 0 Å². The number of carbonyl (C=O) groups is 1. The van der Waals surface area contributed by atoms with E-state index in [1.165, 1.54) is 23.0 Å². The number of aromatic nitrogens is 1. The normalized spacial score (nSPS) is 14.1. The molecule has 256 valence electrons. The van der Waals surface area contributed by atoms with E-state index in [1.807, 2.05) is 48.5 Å². The van der Waals surface area contributed by atoms with Crippen LogP contribution in [-0.4, -0.2) is 38.5 Å².